The first-order chi connectivity index (χ1) is 10.4. The fourth-order valence-corrected chi connectivity index (χ4v) is 3.62. The van der Waals surface area contributed by atoms with E-state index in [0.717, 1.165) is 0 Å². The van der Waals surface area contributed by atoms with Gasteiger partial charge in [-0.05, 0) is 39.9 Å². The van der Waals surface area contributed by atoms with E-state index in [1.807, 2.05) is 11.3 Å². The predicted molar refractivity (Wildman–Crippen MR) is 94.7 cm³/mol. The van der Waals surface area contributed by atoms with Gasteiger partial charge < -0.3 is 0 Å². The number of hydrogen-bond acceptors (Lipinski definition) is 1. The highest BCUT2D eigenvalue weighted by Gasteiger charge is 1.99. The summed E-state index contributed by atoms with van der Waals surface area (Å²) in [5, 5.41) is 3.91. The molecule has 0 aliphatic heterocycles. The molecule has 0 radical (unpaired) electrons. The van der Waals surface area contributed by atoms with Gasteiger partial charge >= 0.3 is 0 Å². The van der Waals surface area contributed by atoms with Crippen LogP contribution in [0.2, 0.25) is 0 Å². The van der Waals surface area contributed by atoms with Crippen LogP contribution in [0.3, 0.4) is 0 Å². The van der Waals surface area contributed by atoms with Gasteiger partial charge in [-0.15, -0.1) is 11.3 Å². The van der Waals surface area contributed by atoms with Crippen molar-refractivity contribution in [1.29, 1.82) is 0 Å². The fraction of sp³-hybridized carbons (Fsp3) is 0. The summed E-state index contributed by atoms with van der Waals surface area (Å²) in [5.74, 6) is 0. The highest BCUT2D eigenvalue weighted by atomic mass is 32.1. The van der Waals surface area contributed by atoms with Gasteiger partial charge in [0.05, 0.1) is 0 Å². The summed E-state index contributed by atoms with van der Waals surface area (Å²) in [5.41, 5.74) is 1.27. The Bertz CT molecular complexity index is 906. The van der Waals surface area contributed by atoms with Crippen molar-refractivity contribution in [3.63, 3.8) is 0 Å². The van der Waals surface area contributed by atoms with Gasteiger partial charge in [-0.1, -0.05) is 66.7 Å². The quantitative estimate of drug-likeness (QED) is 0.410. The third-order valence-electron chi connectivity index (χ3n) is 3.70. The molecule has 4 aromatic rings. The van der Waals surface area contributed by atoms with Crippen molar-refractivity contribution in [1.82, 2.24) is 0 Å². The first-order valence-electron chi connectivity index (χ1n) is 7.04. The van der Waals surface area contributed by atoms with Crippen molar-refractivity contribution in [3.05, 3.63) is 83.2 Å². The lowest BCUT2D eigenvalue weighted by molar-refractivity contribution is 1.72. The monoisotopic (exact) mass is 286 g/mol. The molecule has 0 saturated heterocycles. The van der Waals surface area contributed by atoms with Crippen molar-refractivity contribution < 1.29 is 0 Å². The molecule has 0 fully saturated rings. The van der Waals surface area contributed by atoms with E-state index < -0.39 is 0 Å². The average molecular weight is 286 g/mol. The van der Waals surface area contributed by atoms with E-state index in [4.69, 9.17) is 0 Å². The maximum atomic E-state index is 2.25. The zero-order valence-electron chi connectivity index (χ0n) is 11.5. The van der Waals surface area contributed by atoms with Crippen LogP contribution in [-0.4, -0.2) is 0 Å². The Morgan fingerprint density at radius 2 is 1.43 bits per heavy atom. The van der Waals surface area contributed by atoms with Gasteiger partial charge in [-0.2, -0.15) is 0 Å². The molecule has 0 N–H and O–H groups in total. The predicted octanol–water partition coefficient (Wildman–Crippen LogP) is 6.22. The van der Waals surface area contributed by atoms with Crippen molar-refractivity contribution in [2.24, 2.45) is 0 Å². The Labute approximate surface area is 128 Å². The Balaban J connectivity index is 1.76. The van der Waals surface area contributed by atoms with Crippen molar-refractivity contribution in [3.8, 4) is 0 Å². The van der Waals surface area contributed by atoms with Gasteiger partial charge in [0.15, 0.2) is 0 Å². The molecule has 1 aromatic heterocycles. The summed E-state index contributed by atoms with van der Waals surface area (Å²) in [6.45, 7) is 0. The molecule has 3 aromatic carbocycles. The molecule has 0 aliphatic rings. The van der Waals surface area contributed by atoms with E-state index >= 15 is 0 Å². The Morgan fingerprint density at radius 3 is 2.33 bits per heavy atom. The maximum Gasteiger partial charge on any atom is 0.0349 e. The van der Waals surface area contributed by atoms with E-state index in [2.05, 4.69) is 84.9 Å². The fourth-order valence-electron chi connectivity index (χ4n) is 2.65. The molecule has 0 bridgehead atoms. The second-order valence-electron chi connectivity index (χ2n) is 5.09. The lowest BCUT2D eigenvalue weighted by Crippen LogP contribution is -1.76. The van der Waals surface area contributed by atoms with Crippen LogP contribution in [0.25, 0.3) is 33.0 Å². The normalized spacial score (nSPS) is 11.6. The number of benzene rings is 3. The second-order valence-corrected chi connectivity index (χ2v) is 6.20. The molecule has 0 atom stereocenters. The summed E-state index contributed by atoms with van der Waals surface area (Å²) in [6.07, 6.45) is 4.43. The molecule has 100 valence electrons. The van der Waals surface area contributed by atoms with Crippen molar-refractivity contribution >= 4 is 44.3 Å². The van der Waals surface area contributed by atoms with Gasteiger partial charge in [-0.25, -0.2) is 0 Å². The van der Waals surface area contributed by atoms with Crippen LogP contribution < -0.4 is 0 Å². The zero-order valence-corrected chi connectivity index (χ0v) is 12.3. The molecule has 0 aliphatic carbocycles. The highest BCUT2D eigenvalue weighted by molar-refractivity contribution is 7.19. The van der Waals surface area contributed by atoms with Gasteiger partial charge in [0, 0.05) is 9.58 Å². The third-order valence-corrected chi connectivity index (χ3v) is 4.78. The summed E-state index contributed by atoms with van der Waals surface area (Å²) in [6, 6.07) is 25.8. The van der Waals surface area contributed by atoms with Gasteiger partial charge in [-0.3, -0.25) is 0 Å². The first-order valence-corrected chi connectivity index (χ1v) is 7.86. The molecule has 1 heteroatoms. The molecule has 0 unspecified atom stereocenters. The van der Waals surface area contributed by atoms with Gasteiger partial charge in [0.1, 0.15) is 0 Å². The summed E-state index contributed by atoms with van der Waals surface area (Å²) in [4.78, 5) is 1.30. The van der Waals surface area contributed by atoms with E-state index in [9.17, 15) is 0 Å². The van der Waals surface area contributed by atoms with E-state index in [1.165, 1.54) is 31.3 Å². The first kappa shape index (κ1) is 12.4. The minimum Gasteiger partial charge on any atom is -0.136 e. The van der Waals surface area contributed by atoms with Crippen LogP contribution in [0.1, 0.15) is 10.4 Å². The molecular formula is C20H14S. The molecule has 0 spiro atoms. The molecule has 0 nitrogen and oxygen atoms in total. The van der Waals surface area contributed by atoms with Gasteiger partial charge in [0.25, 0.3) is 0 Å². The zero-order chi connectivity index (χ0) is 14.1. The largest absolute Gasteiger partial charge is 0.136 e. The van der Waals surface area contributed by atoms with E-state index in [-0.39, 0.29) is 0 Å². The maximum absolute atomic E-state index is 2.25. The lowest BCUT2D eigenvalue weighted by Gasteiger charge is -2.01. The molecule has 0 amide bonds. The number of hydrogen-bond donors (Lipinski definition) is 0. The van der Waals surface area contributed by atoms with Crippen LogP contribution in [-0.2, 0) is 0 Å². The van der Waals surface area contributed by atoms with Crippen LogP contribution >= 0.6 is 11.3 Å². The van der Waals surface area contributed by atoms with Crippen molar-refractivity contribution in [2.75, 3.05) is 0 Å². The SMILES string of the molecule is C(=C/c1cccc2ccccc12)/c1cc2ccccc2s1. The summed E-state index contributed by atoms with van der Waals surface area (Å²) < 4.78 is 1.34. The molecule has 0 saturated carbocycles. The van der Waals surface area contributed by atoms with E-state index in [0.29, 0.717) is 0 Å². The third kappa shape index (κ3) is 2.37. The number of thiophene rings is 1. The van der Waals surface area contributed by atoms with Crippen LogP contribution in [0.4, 0.5) is 0 Å². The topological polar surface area (TPSA) is 0 Å². The van der Waals surface area contributed by atoms with Crippen LogP contribution in [0.5, 0.6) is 0 Å². The smallest absolute Gasteiger partial charge is 0.0349 e. The number of rotatable bonds is 2. The van der Waals surface area contributed by atoms with Crippen molar-refractivity contribution in [2.45, 2.75) is 0 Å². The summed E-state index contributed by atoms with van der Waals surface area (Å²) in [7, 11) is 0. The van der Waals surface area contributed by atoms with Gasteiger partial charge in [0.2, 0.25) is 0 Å². The Kier molecular flexibility index (Phi) is 3.06. The average Bonchev–Trinajstić information content (AvgIpc) is 2.96. The number of fused-ring (bicyclic) bond motifs is 2. The summed E-state index contributed by atoms with van der Waals surface area (Å²) >= 11 is 1.84. The molecule has 21 heavy (non-hydrogen) atoms. The Hall–Kier alpha value is -2.38. The molecule has 1 heterocycles. The highest BCUT2D eigenvalue weighted by Crippen LogP contribution is 2.27. The molecular weight excluding hydrogens is 272 g/mol. The minimum atomic E-state index is 1.27. The Morgan fingerprint density at radius 1 is 0.667 bits per heavy atom. The van der Waals surface area contributed by atoms with E-state index in [1.54, 1.807) is 0 Å². The molecule has 4 rings (SSSR count). The standard InChI is InChI=1S/C20H14S/c1-3-10-19-15(6-1)8-5-9-16(19)12-13-18-14-17-7-2-4-11-20(17)21-18/h1-14H/b13-12-. The lowest BCUT2D eigenvalue weighted by atomic mass is 10.0. The van der Waals surface area contributed by atoms with Crippen LogP contribution in [0.15, 0.2) is 72.8 Å². The second kappa shape index (κ2) is 5.19. The van der Waals surface area contributed by atoms with Crippen LogP contribution in [0, 0.1) is 0 Å². The minimum absolute atomic E-state index is 1.27.